The van der Waals surface area contributed by atoms with Gasteiger partial charge in [-0.25, -0.2) is 9.67 Å². The number of para-hydroxylation sites is 1. The molecule has 5 nitrogen and oxygen atoms in total. The zero-order chi connectivity index (χ0) is 21.3. The first-order chi connectivity index (χ1) is 14.4. The number of anilines is 1. The highest BCUT2D eigenvalue weighted by Crippen LogP contribution is 2.27. The van der Waals surface area contributed by atoms with Crippen molar-refractivity contribution in [2.24, 2.45) is 0 Å². The third-order valence-electron chi connectivity index (χ3n) is 4.44. The van der Waals surface area contributed by atoms with Crippen LogP contribution in [-0.4, -0.2) is 20.7 Å². The number of hydrogen-bond acceptors (Lipinski definition) is 3. The average Bonchev–Trinajstić information content (AvgIpc) is 3.16. The summed E-state index contributed by atoms with van der Waals surface area (Å²) in [5.41, 5.74) is 3.01. The smallest absolute Gasteiger partial charge is 0.295 e. The van der Waals surface area contributed by atoms with E-state index >= 15 is 0 Å². The van der Waals surface area contributed by atoms with Gasteiger partial charge in [0.25, 0.3) is 5.91 Å². The van der Waals surface area contributed by atoms with Crippen LogP contribution < -0.4 is 5.32 Å². The fourth-order valence-corrected chi connectivity index (χ4v) is 3.51. The fourth-order valence-electron chi connectivity index (χ4n) is 2.93. The molecule has 0 aliphatic carbocycles. The van der Waals surface area contributed by atoms with Crippen LogP contribution in [0.2, 0.25) is 15.1 Å². The van der Waals surface area contributed by atoms with Crippen LogP contribution in [0.5, 0.6) is 0 Å². The molecule has 0 saturated carbocycles. The lowest BCUT2D eigenvalue weighted by Gasteiger charge is -2.08. The summed E-state index contributed by atoms with van der Waals surface area (Å²) < 4.78 is 1.65. The second-order valence-electron chi connectivity index (χ2n) is 6.54. The molecule has 0 aliphatic rings. The Morgan fingerprint density at radius 2 is 1.63 bits per heavy atom. The van der Waals surface area contributed by atoms with Crippen molar-refractivity contribution in [2.75, 3.05) is 5.32 Å². The molecule has 1 aromatic heterocycles. The van der Waals surface area contributed by atoms with Gasteiger partial charge in [0.1, 0.15) is 0 Å². The van der Waals surface area contributed by atoms with Crippen LogP contribution in [0.4, 0.5) is 5.69 Å². The van der Waals surface area contributed by atoms with E-state index in [1.807, 2.05) is 43.3 Å². The van der Waals surface area contributed by atoms with Crippen LogP contribution in [0, 0.1) is 6.92 Å². The Bertz CT molecular complexity index is 1240. The molecule has 1 heterocycles. The summed E-state index contributed by atoms with van der Waals surface area (Å²) in [7, 11) is 0. The monoisotopic (exact) mass is 456 g/mol. The minimum Gasteiger partial charge on any atom is -0.318 e. The van der Waals surface area contributed by atoms with Gasteiger partial charge in [0, 0.05) is 15.6 Å². The topological polar surface area (TPSA) is 59.8 Å². The highest BCUT2D eigenvalue weighted by atomic mass is 35.5. The quantitative estimate of drug-likeness (QED) is 0.383. The van der Waals surface area contributed by atoms with E-state index in [4.69, 9.17) is 34.8 Å². The average molecular weight is 458 g/mol. The maximum absolute atomic E-state index is 12.9. The molecule has 4 aromatic rings. The van der Waals surface area contributed by atoms with E-state index in [0.717, 1.165) is 16.8 Å². The number of amides is 1. The SMILES string of the molecule is Cc1ccccc1-n1nc(C(=O)Nc2ccc(Cl)cc2Cl)nc1-c1ccc(Cl)cc1. The van der Waals surface area contributed by atoms with Gasteiger partial charge < -0.3 is 5.32 Å². The Hall–Kier alpha value is -2.86. The summed E-state index contributed by atoms with van der Waals surface area (Å²) in [6.07, 6.45) is 0. The van der Waals surface area contributed by atoms with Gasteiger partial charge in [-0.1, -0.05) is 53.0 Å². The molecule has 0 spiro atoms. The number of aromatic nitrogens is 3. The molecular formula is C22H15Cl3N4O. The Labute approximate surface area is 188 Å². The van der Waals surface area contributed by atoms with Gasteiger partial charge in [-0.3, -0.25) is 4.79 Å². The largest absolute Gasteiger partial charge is 0.318 e. The molecule has 4 rings (SSSR count). The van der Waals surface area contributed by atoms with E-state index in [1.54, 1.807) is 35.0 Å². The maximum Gasteiger partial charge on any atom is 0.295 e. The van der Waals surface area contributed by atoms with Crippen LogP contribution in [0.25, 0.3) is 17.1 Å². The molecule has 0 bridgehead atoms. The van der Waals surface area contributed by atoms with E-state index in [9.17, 15) is 4.79 Å². The van der Waals surface area contributed by atoms with Crippen molar-refractivity contribution in [1.29, 1.82) is 0 Å². The van der Waals surface area contributed by atoms with E-state index in [1.165, 1.54) is 0 Å². The molecule has 0 radical (unpaired) electrons. The predicted octanol–water partition coefficient (Wildman–Crippen LogP) is 6.46. The molecule has 0 atom stereocenters. The van der Waals surface area contributed by atoms with Gasteiger partial charge in [0.05, 0.1) is 16.4 Å². The lowest BCUT2D eigenvalue weighted by Crippen LogP contribution is -2.14. The van der Waals surface area contributed by atoms with E-state index in [-0.39, 0.29) is 5.82 Å². The highest BCUT2D eigenvalue weighted by molar-refractivity contribution is 6.36. The van der Waals surface area contributed by atoms with Gasteiger partial charge in [-0.05, 0) is 61.0 Å². The molecule has 0 fully saturated rings. The van der Waals surface area contributed by atoms with Crippen molar-refractivity contribution in [1.82, 2.24) is 14.8 Å². The number of aryl methyl sites for hydroxylation is 1. The van der Waals surface area contributed by atoms with Gasteiger partial charge in [0.2, 0.25) is 5.82 Å². The fraction of sp³-hybridized carbons (Fsp3) is 0.0455. The van der Waals surface area contributed by atoms with E-state index < -0.39 is 5.91 Å². The zero-order valence-electron chi connectivity index (χ0n) is 15.7. The number of carbonyl (C=O) groups is 1. The second kappa shape index (κ2) is 8.48. The minimum atomic E-state index is -0.484. The van der Waals surface area contributed by atoms with Gasteiger partial charge >= 0.3 is 0 Å². The molecular weight excluding hydrogens is 443 g/mol. The molecule has 30 heavy (non-hydrogen) atoms. The number of hydrogen-bond donors (Lipinski definition) is 1. The Morgan fingerprint density at radius 1 is 0.933 bits per heavy atom. The van der Waals surface area contributed by atoms with Crippen molar-refractivity contribution in [3.63, 3.8) is 0 Å². The summed E-state index contributed by atoms with van der Waals surface area (Å²) in [5, 5.41) is 8.62. The summed E-state index contributed by atoms with van der Waals surface area (Å²) in [5.74, 6) is 0.0457. The van der Waals surface area contributed by atoms with Crippen LogP contribution in [0.3, 0.4) is 0 Å². The number of nitrogens with zero attached hydrogens (tertiary/aromatic N) is 3. The standard InChI is InChI=1S/C22H15Cl3N4O/c1-13-4-2-3-5-19(13)29-21(14-6-8-15(23)9-7-14)27-20(28-29)22(30)26-18-11-10-16(24)12-17(18)25/h2-12H,1H3,(H,26,30). The first-order valence-electron chi connectivity index (χ1n) is 8.98. The number of nitrogens with one attached hydrogen (secondary N) is 1. The molecule has 0 aliphatic heterocycles. The number of rotatable bonds is 4. The van der Waals surface area contributed by atoms with Crippen LogP contribution in [0.1, 0.15) is 16.2 Å². The maximum atomic E-state index is 12.9. The van der Waals surface area contributed by atoms with Crippen molar-refractivity contribution in [2.45, 2.75) is 6.92 Å². The molecule has 3 aromatic carbocycles. The number of carbonyl (C=O) groups excluding carboxylic acids is 1. The molecule has 150 valence electrons. The lowest BCUT2D eigenvalue weighted by molar-refractivity contribution is 0.101. The molecule has 0 unspecified atom stereocenters. The van der Waals surface area contributed by atoms with E-state index in [2.05, 4.69) is 15.4 Å². The summed E-state index contributed by atoms with van der Waals surface area (Å²) in [4.78, 5) is 17.4. The normalized spacial score (nSPS) is 10.8. The van der Waals surface area contributed by atoms with Crippen molar-refractivity contribution in [3.05, 3.63) is 93.2 Å². The van der Waals surface area contributed by atoms with E-state index in [0.29, 0.717) is 26.6 Å². The Morgan fingerprint density at radius 3 is 2.33 bits per heavy atom. The summed E-state index contributed by atoms with van der Waals surface area (Å²) >= 11 is 18.1. The van der Waals surface area contributed by atoms with Gasteiger partial charge in [-0.2, -0.15) is 0 Å². The van der Waals surface area contributed by atoms with Crippen molar-refractivity contribution in [3.8, 4) is 17.1 Å². The number of benzene rings is 3. The number of halogens is 3. The molecule has 1 amide bonds. The van der Waals surface area contributed by atoms with Crippen LogP contribution in [0.15, 0.2) is 66.7 Å². The second-order valence-corrected chi connectivity index (χ2v) is 7.82. The van der Waals surface area contributed by atoms with Crippen LogP contribution in [-0.2, 0) is 0 Å². The van der Waals surface area contributed by atoms with Gasteiger partial charge in [0.15, 0.2) is 5.82 Å². The Kier molecular flexibility index (Phi) is 5.77. The minimum absolute atomic E-state index is 0.00854. The van der Waals surface area contributed by atoms with Crippen molar-refractivity contribution < 1.29 is 4.79 Å². The molecule has 0 saturated heterocycles. The lowest BCUT2D eigenvalue weighted by atomic mass is 10.2. The Balaban J connectivity index is 1.77. The first-order valence-corrected chi connectivity index (χ1v) is 10.1. The van der Waals surface area contributed by atoms with Crippen LogP contribution >= 0.6 is 34.8 Å². The van der Waals surface area contributed by atoms with Gasteiger partial charge in [-0.15, -0.1) is 5.10 Å². The summed E-state index contributed by atoms with van der Waals surface area (Å²) in [6.45, 7) is 1.97. The van der Waals surface area contributed by atoms with Crippen molar-refractivity contribution >= 4 is 46.4 Å². The third kappa shape index (κ3) is 4.19. The highest BCUT2D eigenvalue weighted by Gasteiger charge is 2.20. The molecule has 1 N–H and O–H groups in total. The zero-order valence-corrected chi connectivity index (χ0v) is 18.0. The predicted molar refractivity (Wildman–Crippen MR) is 121 cm³/mol. The summed E-state index contributed by atoms with van der Waals surface area (Å²) in [6, 6.07) is 19.7. The molecule has 8 heteroatoms. The third-order valence-corrected chi connectivity index (χ3v) is 5.24. The first kappa shape index (κ1) is 20.4.